The van der Waals surface area contributed by atoms with Crippen LogP contribution in [0.2, 0.25) is 0 Å². The quantitative estimate of drug-likeness (QED) is 0.201. The summed E-state index contributed by atoms with van der Waals surface area (Å²) in [5.41, 5.74) is 1.83. The van der Waals surface area contributed by atoms with E-state index >= 15 is 0 Å². The second-order valence-electron chi connectivity index (χ2n) is 13.4. The van der Waals surface area contributed by atoms with Crippen molar-refractivity contribution in [2.24, 2.45) is 11.8 Å². The lowest BCUT2D eigenvalue weighted by molar-refractivity contribution is -0.136. The Balaban J connectivity index is 1.23. The van der Waals surface area contributed by atoms with Gasteiger partial charge in [0.2, 0.25) is 17.6 Å². The fourth-order valence-electron chi connectivity index (χ4n) is 6.56. The number of ether oxygens (including phenoxy) is 2. The number of aromatic amines is 2. The van der Waals surface area contributed by atoms with Crippen LogP contribution in [-0.4, -0.2) is 98.9 Å². The number of carbonyl (C=O) groups excluding carboxylic acids is 5. The molecule has 4 N–H and O–H groups in total. The number of rotatable bonds is 12. The SMILES string of the molecule is COC(=O)NC(C(=O)N1CCCC1c1ncc(CC(=O)c2cc(-c3cnc(C4CCCN4C(=O)C(NC(=O)OC)C(C)C)[nH]3)co2)[nH]1)C(C)C. The van der Waals surface area contributed by atoms with Gasteiger partial charge in [-0.1, -0.05) is 27.7 Å². The van der Waals surface area contributed by atoms with E-state index in [1.165, 1.54) is 20.5 Å². The van der Waals surface area contributed by atoms with Crippen LogP contribution in [0.3, 0.4) is 0 Å². The Morgan fingerprint density at radius 3 is 1.88 bits per heavy atom. The Morgan fingerprint density at radius 2 is 1.36 bits per heavy atom. The largest absolute Gasteiger partial charge is 0.461 e. The van der Waals surface area contributed by atoms with E-state index in [1.807, 2.05) is 27.7 Å². The smallest absolute Gasteiger partial charge is 0.407 e. The Morgan fingerprint density at radius 1 is 0.840 bits per heavy atom. The number of Topliss-reactive ketones (excluding diaryl/α,β-unsaturated/α-hetero) is 1. The summed E-state index contributed by atoms with van der Waals surface area (Å²) in [4.78, 5) is 82.9. The number of imidazole rings is 2. The molecular formula is C34H46N8O8. The molecule has 2 aliphatic rings. The molecule has 16 nitrogen and oxygen atoms in total. The summed E-state index contributed by atoms with van der Waals surface area (Å²) in [5.74, 6) is 0.353. The van der Waals surface area contributed by atoms with Crippen LogP contribution in [-0.2, 0) is 25.5 Å². The van der Waals surface area contributed by atoms with E-state index < -0.39 is 24.3 Å². The third kappa shape index (κ3) is 7.84. The van der Waals surface area contributed by atoms with Crippen LogP contribution in [0.25, 0.3) is 11.3 Å². The van der Waals surface area contributed by atoms with Gasteiger partial charge < -0.3 is 44.3 Å². The average molecular weight is 695 g/mol. The summed E-state index contributed by atoms with van der Waals surface area (Å²) in [7, 11) is 2.52. The van der Waals surface area contributed by atoms with E-state index in [-0.39, 0.29) is 53.7 Å². The van der Waals surface area contributed by atoms with Crippen molar-refractivity contribution in [1.29, 1.82) is 0 Å². The lowest BCUT2D eigenvalue weighted by atomic mass is 10.0. The van der Waals surface area contributed by atoms with Gasteiger partial charge in [-0.3, -0.25) is 14.4 Å². The zero-order valence-corrected chi connectivity index (χ0v) is 29.3. The number of carbonyl (C=O) groups is 5. The summed E-state index contributed by atoms with van der Waals surface area (Å²) in [6.07, 6.45) is 6.34. The highest BCUT2D eigenvalue weighted by molar-refractivity contribution is 5.96. The highest BCUT2D eigenvalue weighted by Crippen LogP contribution is 2.34. The normalized spacial score (nSPS) is 18.7. The number of hydrogen-bond acceptors (Lipinski definition) is 10. The minimum absolute atomic E-state index is 0.00311. The first kappa shape index (κ1) is 36.1. The molecule has 270 valence electrons. The minimum Gasteiger partial charge on any atom is -0.461 e. The summed E-state index contributed by atoms with van der Waals surface area (Å²) in [6, 6.07) is -0.459. The van der Waals surface area contributed by atoms with Gasteiger partial charge in [-0.15, -0.1) is 0 Å². The fourth-order valence-corrected chi connectivity index (χ4v) is 6.56. The topological polar surface area (TPSA) is 205 Å². The van der Waals surface area contributed by atoms with Crippen LogP contribution < -0.4 is 10.6 Å². The molecule has 0 saturated carbocycles. The monoisotopic (exact) mass is 694 g/mol. The van der Waals surface area contributed by atoms with Crippen molar-refractivity contribution < 1.29 is 37.9 Å². The van der Waals surface area contributed by atoms with Gasteiger partial charge in [0.25, 0.3) is 0 Å². The molecule has 5 heterocycles. The maximum atomic E-state index is 13.5. The Bertz CT molecular complexity index is 1690. The number of likely N-dealkylation sites (tertiary alicyclic amines) is 2. The van der Waals surface area contributed by atoms with E-state index in [0.29, 0.717) is 54.5 Å². The van der Waals surface area contributed by atoms with Crippen LogP contribution >= 0.6 is 0 Å². The van der Waals surface area contributed by atoms with Gasteiger partial charge >= 0.3 is 12.2 Å². The maximum absolute atomic E-state index is 13.5. The van der Waals surface area contributed by atoms with Gasteiger partial charge in [0, 0.05) is 30.5 Å². The van der Waals surface area contributed by atoms with Gasteiger partial charge in [-0.2, -0.15) is 0 Å². The second kappa shape index (κ2) is 15.6. The van der Waals surface area contributed by atoms with E-state index in [0.717, 1.165) is 12.8 Å². The lowest BCUT2D eigenvalue weighted by Crippen LogP contribution is -2.51. The average Bonchev–Trinajstić information content (AvgIpc) is 3.93. The third-order valence-electron chi connectivity index (χ3n) is 9.27. The molecule has 4 atom stereocenters. The van der Waals surface area contributed by atoms with Gasteiger partial charge in [0.05, 0.1) is 44.6 Å². The molecule has 4 amide bonds. The first-order valence-electron chi connectivity index (χ1n) is 16.9. The van der Waals surface area contributed by atoms with Crippen molar-refractivity contribution in [3.63, 3.8) is 0 Å². The molecule has 3 aromatic rings. The standard InChI is InChI=1S/C34H46N8O8/c1-18(2)27(39-33(46)48-5)31(44)41-11-7-9-23(41)29-35-15-21(37-29)14-25(43)26-13-20(17-50-26)22-16-36-30(38-22)24-10-8-12-42(24)32(45)28(19(3)4)40-34(47)49-6/h13,15-19,23-24,27-28H,7-12,14H2,1-6H3,(H,35,37)(H,36,38)(H,39,46)(H,40,47). The number of ketones is 1. The van der Waals surface area contributed by atoms with Crippen LogP contribution in [0, 0.1) is 11.8 Å². The van der Waals surface area contributed by atoms with Crippen molar-refractivity contribution in [1.82, 2.24) is 40.4 Å². The van der Waals surface area contributed by atoms with Gasteiger partial charge in [0.1, 0.15) is 30.0 Å². The van der Waals surface area contributed by atoms with E-state index in [4.69, 9.17) is 13.9 Å². The van der Waals surface area contributed by atoms with E-state index in [2.05, 4.69) is 30.6 Å². The summed E-state index contributed by atoms with van der Waals surface area (Å²) in [5, 5.41) is 5.29. The molecule has 2 saturated heterocycles. The number of alkyl carbamates (subject to hydrolysis) is 2. The first-order valence-corrected chi connectivity index (χ1v) is 16.9. The number of furan rings is 1. The van der Waals surface area contributed by atoms with Crippen LogP contribution in [0.15, 0.2) is 29.1 Å². The van der Waals surface area contributed by atoms with Crippen molar-refractivity contribution in [2.45, 2.75) is 84.0 Å². The maximum Gasteiger partial charge on any atom is 0.407 e. The molecule has 16 heteroatoms. The van der Waals surface area contributed by atoms with Gasteiger partial charge in [0.15, 0.2) is 5.76 Å². The lowest BCUT2D eigenvalue weighted by Gasteiger charge is -2.30. The number of hydrogen-bond donors (Lipinski definition) is 4. The number of aromatic nitrogens is 4. The summed E-state index contributed by atoms with van der Waals surface area (Å²) < 4.78 is 15.1. The number of nitrogens with one attached hydrogen (secondary N) is 4. The minimum atomic E-state index is -0.745. The zero-order chi connectivity index (χ0) is 36.1. The number of nitrogens with zero attached hydrogens (tertiary/aromatic N) is 4. The van der Waals surface area contributed by atoms with Gasteiger partial charge in [-0.05, 0) is 43.6 Å². The molecule has 50 heavy (non-hydrogen) atoms. The molecule has 0 radical (unpaired) electrons. The number of methoxy groups -OCH3 is 2. The highest BCUT2D eigenvalue weighted by atomic mass is 16.5. The molecule has 0 aromatic carbocycles. The Labute approximate surface area is 290 Å². The predicted octanol–water partition coefficient (Wildman–Crippen LogP) is 3.91. The molecule has 2 fully saturated rings. The molecule has 4 unspecified atom stereocenters. The van der Waals surface area contributed by atoms with Gasteiger partial charge in [-0.25, -0.2) is 19.6 Å². The number of H-pyrrole nitrogens is 2. The summed E-state index contributed by atoms with van der Waals surface area (Å²) in [6.45, 7) is 8.49. The van der Waals surface area contributed by atoms with E-state index in [9.17, 15) is 24.0 Å². The molecule has 0 bridgehead atoms. The Hall–Kier alpha value is -5.15. The molecule has 0 spiro atoms. The van der Waals surface area contributed by atoms with Crippen molar-refractivity contribution in [3.05, 3.63) is 47.8 Å². The Kier molecular flexibility index (Phi) is 11.3. The molecule has 2 aliphatic heterocycles. The summed E-state index contributed by atoms with van der Waals surface area (Å²) >= 11 is 0. The number of amides is 4. The highest BCUT2D eigenvalue weighted by Gasteiger charge is 2.39. The fraction of sp³-hybridized carbons (Fsp3) is 0.559. The van der Waals surface area contributed by atoms with E-state index in [1.54, 1.807) is 28.3 Å². The van der Waals surface area contributed by atoms with Crippen LogP contribution in [0.5, 0.6) is 0 Å². The zero-order valence-electron chi connectivity index (χ0n) is 29.3. The first-order chi connectivity index (χ1) is 23.9. The van der Waals surface area contributed by atoms with Crippen molar-refractivity contribution >= 4 is 29.8 Å². The van der Waals surface area contributed by atoms with Crippen molar-refractivity contribution in [3.8, 4) is 11.3 Å². The molecule has 5 rings (SSSR count). The predicted molar refractivity (Wildman–Crippen MR) is 179 cm³/mol. The molecule has 3 aromatic heterocycles. The second-order valence-corrected chi connectivity index (χ2v) is 13.4. The molecular weight excluding hydrogens is 648 g/mol. The third-order valence-corrected chi connectivity index (χ3v) is 9.27. The van der Waals surface area contributed by atoms with Crippen LogP contribution in [0.4, 0.5) is 9.59 Å². The van der Waals surface area contributed by atoms with Crippen molar-refractivity contribution in [2.75, 3.05) is 27.3 Å². The molecule has 0 aliphatic carbocycles. The van der Waals surface area contributed by atoms with Crippen LogP contribution in [0.1, 0.15) is 93.4 Å².